The maximum Gasteiger partial charge on any atom is 0.407 e. The molecule has 0 unspecified atom stereocenters. The molecule has 2 aromatic carbocycles. The summed E-state index contributed by atoms with van der Waals surface area (Å²) in [6.45, 7) is 0.533. The van der Waals surface area contributed by atoms with Crippen LogP contribution in [0.15, 0.2) is 60.7 Å². The number of ether oxygens (including phenoxy) is 2. The van der Waals surface area contributed by atoms with Gasteiger partial charge in [-0.25, -0.2) is 9.59 Å². The minimum absolute atomic E-state index is 0.193. The van der Waals surface area contributed by atoms with Crippen LogP contribution in [0.25, 0.3) is 6.08 Å². The molecule has 0 aliphatic carbocycles. The topological polar surface area (TPSA) is 120 Å². The minimum Gasteiger partial charge on any atom is -0.466 e. The van der Waals surface area contributed by atoms with Gasteiger partial charge in [-0.1, -0.05) is 48.5 Å². The van der Waals surface area contributed by atoms with E-state index in [1.807, 2.05) is 30.3 Å². The summed E-state index contributed by atoms with van der Waals surface area (Å²) in [5, 5.41) is 5.40. The number of esters is 1. The Kier molecular flexibility index (Phi) is 9.77. The highest BCUT2D eigenvalue weighted by molar-refractivity contribution is 5.97. The lowest BCUT2D eigenvalue weighted by atomic mass is 10.1. The number of methoxy groups -OCH3 is 1. The van der Waals surface area contributed by atoms with Gasteiger partial charge in [0.05, 0.1) is 13.2 Å². The van der Waals surface area contributed by atoms with Crippen molar-refractivity contribution in [2.45, 2.75) is 25.5 Å². The Bertz CT molecular complexity index is 899. The van der Waals surface area contributed by atoms with Gasteiger partial charge in [0.2, 0.25) is 5.91 Å². The molecule has 2 aromatic rings. The summed E-state index contributed by atoms with van der Waals surface area (Å²) in [5.74, 6) is -0.849. The molecule has 0 saturated heterocycles. The monoisotopic (exact) mass is 425 g/mol. The van der Waals surface area contributed by atoms with Crippen LogP contribution < -0.4 is 16.4 Å². The number of hydrogen-bond donors (Lipinski definition) is 3. The van der Waals surface area contributed by atoms with Crippen LogP contribution >= 0.6 is 0 Å². The normalized spacial score (nSPS) is 11.5. The van der Waals surface area contributed by atoms with Crippen LogP contribution in [-0.4, -0.2) is 37.7 Å². The minimum atomic E-state index is -0.750. The molecule has 0 aromatic heterocycles. The van der Waals surface area contributed by atoms with E-state index in [1.165, 1.54) is 13.2 Å². The van der Waals surface area contributed by atoms with E-state index in [9.17, 15) is 14.4 Å². The van der Waals surface area contributed by atoms with Crippen molar-refractivity contribution in [1.29, 1.82) is 0 Å². The quantitative estimate of drug-likeness (QED) is 0.306. The molecule has 2 amide bonds. The van der Waals surface area contributed by atoms with Crippen molar-refractivity contribution >= 4 is 29.7 Å². The average Bonchev–Trinajstić information content (AvgIpc) is 2.80. The third kappa shape index (κ3) is 8.71. The number of rotatable bonds is 10. The molecule has 0 saturated carbocycles. The number of nitrogens with two attached hydrogens (primary N) is 1. The van der Waals surface area contributed by atoms with Gasteiger partial charge in [-0.05, 0) is 36.1 Å². The van der Waals surface area contributed by atoms with Crippen LogP contribution in [0.4, 0.5) is 10.5 Å². The average molecular weight is 425 g/mol. The van der Waals surface area contributed by atoms with Gasteiger partial charge >= 0.3 is 12.1 Å². The van der Waals surface area contributed by atoms with Gasteiger partial charge in [-0.3, -0.25) is 4.79 Å². The first kappa shape index (κ1) is 23.6. The van der Waals surface area contributed by atoms with E-state index in [0.29, 0.717) is 30.6 Å². The molecular formula is C23H27N3O5. The number of benzene rings is 2. The molecule has 0 radical (unpaired) electrons. The molecule has 0 aliphatic rings. The molecule has 0 heterocycles. The number of amides is 2. The van der Waals surface area contributed by atoms with Crippen LogP contribution in [0.1, 0.15) is 24.0 Å². The van der Waals surface area contributed by atoms with Crippen molar-refractivity contribution in [2.24, 2.45) is 5.73 Å². The molecule has 164 valence electrons. The van der Waals surface area contributed by atoms with E-state index < -0.39 is 18.1 Å². The van der Waals surface area contributed by atoms with Crippen molar-refractivity contribution in [3.8, 4) is 0 Å². The molecule has 8 heteroatoms. The van der Waals surface area contributed by atoms with Crippen LogP contribution in [0, 0.1) is 0 Å². The van der Waals surface area contributed by atoms with E-state index in [1.54, 1.807) is 30.3 Å². The van der Waals surface area contributed by atoms with Gasteiger partial charge in [-0.2, -0.15) is 0 Å². The predicted molar refractivity (Wildman–Crippen MR) is 118 cm³/mol. The van der Waals surface area contributed by atoms with Gasteiger partial charge in [0.25, 0.3) is 0 Å². The maximum atomic E-state index is 12.4. The molecule has 4 N–H and O–H groups in total. The highest BCUT2D eigenvalue weighted by Gasteiger charge is 2.14. The fourth-order valence-corrected chi connectivity index (χ4v) is 2.63. The van der Waals surface area contributed by atoms with Crippen LogP contribution in [-0.2, 0) is 25.7 Å². The summed E-state index contributed by atoms with van der Waals surface area (Å²) in [6, 6.07) is 15.6. The first-order valence-corrected chi connectivity index (χ1v) is 9.85. The van der Waals surface area contributed by atoms with Gasteiger partial charge < -0.3 is 25.8 Å². The SMILES string of the molecule is COC(=O)C=Cc1ccccc1NC(=O)[C@@H](N)CCCNC(=O)OCc1ccccc1. The lowest BCUT2D eigenvalue weighted by Crippen LogP contribution is -2.36. The summed E-state index contributed by atoms with van der Waals surface area (Å²) in [4.78, 5) is 35.4. The molecule has 1 atom stereocenters. The molecule has 0 spiro atoms. The summed E-state index contributed by atoms with van der Waals surface area (Å²) in [7, 11) is 1.29. The number of anilines is 1. The Morgan fingerprint density at radius 3 is 2.52 bits per heavy atom. The zero-order chi connectivity index (χ0) is 22.5. The summed E-state index contributed by atoms with van der Waals surface area (Å²) in [6.07, 6.45) is 3.20. The molecule has 0 bridgehead atoms. The second-order valence-corrected chi connectivity index (χ2v) is 6.67. The van der Waals surface area contributed by atoms with E-state index in [0.717, 1.165) is 5.56 Å². The third-order valence-corrected chi connectivity index (χ3v) is 4.33. The van der Waals surface area contributed by atoms with Crippen molar-refractivity contribution in [3.63, 3.8) is 0 Å². The standard InChI is InChI=1S/C23H27N3O5/c1-30-21(27)14-13-18-10-5-6-12-20(18)26-22(28)19(24)11-7-15-25-23(29)31-16-17-8-3-2-4-9-17/h2-6,8-10,12-14,19H,7,11,15-16,24H2,1H3,(H,25,29)(H,26,28)/t19-/m0/s1. The van der Waals surface area contributed by atoms with Gasteiger partial charge in [0, 0.05) is 18.3 Å². The number of hydrogen-bond acceptors (Lipinski definition) is 6. The first-order chi connectivity index (χ1) is 15.0. The van der Waals surface area contributed by atoms with Gasteiger partial charge in [-0.15, -0.1) is 0 Å². The number of alkyl carbamates (subject to hydrolysis) is 1. The Morgan fingerprint density at radius 2 is 1.77 bits per heavy atom. The van der Waals surface area contributed by atoms with E-state index in [2.05, 4.69) is 15.4 Å². The lowest BCUT2D eigenvalue weighted by Gasteiger charge is -2.14. The highest BCUT2D eigenvalue weighted by Crippen LogP contribution is 2.17. The van der Waals surface area contributed by atoms with E-state index >= 15 is 0 Å². The summed E-state index contributed by atoms with van der Waals surface area (Å²) < 4.78 is 9.69. The van der Waals surface area contributed by atoms with E-state index in [-0.39, 0.29) is 12.5 Å². The Labute approximate surface area is 181 Å². The van der Waals surface area contributed by atoms with Crippen molar-refractivity contribution < 1.29 is 23.9 Å². The summed E-state index contributed by atoms with van der Waals surface area (Å²) >= 11 is 0. The maximum absolute atomic E-state index is 12.4. The van der Waals surface area contributed by atoms with Crippen LogP contribution in [0.2, 0.25) is 0 Å². The number of carbonyl (C=O) groups excluding carboxylic acids is 3. The number of carbonyl (C=O) groups is 3. The molecule has 0 aliphatic heterocycles. The largest absolute Gasteiger partial charge is 0.466 e. The molecule has 0 fully saturated rings. The smallest absolute Gasteiger partial charge is 0.407 e. The second-order valence-electron chi connectivity index (χ2n) is 6.67. The van der Waals surface area contributed by atoms with Crippen molar-refractivity contribution in [1.82, 2.24) is 5.32 Å². The molecule has 8 nitrogen and oxygen atoms in total. The molecule has 2 rings (SSSR count). The van der Waals surface area contributed by atoms with E-state index in [4.69, 9.17) is 10.5 Å². The molecular weight excluding hydrogens is 398 g/mol. The van der Waals surface area contributed by atoms with Crippen molar-refractivity contribution in [2.75, 3.05) is 19.0 Å². The summed E-state index contributed by atoms with van der Waals surface area (Å²) in [5.41, 5.74) is 8.05. The lowest BCUT2D eigenvalue weighted by molar-refractivity contribution is -0.134. The Morgan fingerprint density at radius 1 is 1.06 bits per heavy atom. The Hall–Kier alpha value is -3.65. The van der Waals surface area contributed by atoms with Crippen LogP contribution in [0.3, 0.4) is 0 Å². The number of nitrogens with one attached hydrogen (secondary N) is 2. The fraction of sp³-hybridized carbons (Fsp3) is 0.261. The zero-order valence-electron chi connectivity index (χ0n) is 17.4. The van der Waals surface area contributed by atoms with Crippen molar-refractivity contribution in [3.05, 3.63) is 71.8 Å². The van der Waals surface area contributed by atoms with Crippen LogP contribution in [0.5, 0.6) is 0 Å². The molecule has 31 heavy (non-hydrogen) atoms. The van der Waals surface area contributed by atoms with Gasteiger partial charge in [0.15, 0.2) is 0 Å². The highest BCUT2D eigenvalue weighted by atomic mass is 16.5. The second kappa shape index (κ2) is 12.8. The first-order valence-electron chi connectivity index (χ1n) is 9.85. The van der Waals surface area contributed by atoms with Gasteiger partial charge in [0.1, 0.15) is 6.61 Å². The number of para-hydroxylation sites is 1. The third-order valence-electron chi connectivity index (χ3n) is 4.33. The predicted octanol–water partition coefficient (Wildman–Crippen LogP) is 2.85. The Balaban J connectivity index is 1.72. The fourth-order valence-electron chi connectivity index (χ4n) is 2.63. The zero-order valence-corrected chi connectivity index (χ0v) is 17.4.